The Kier molecular flexibility index (Phi) is 6.17. The molecule has 4 heteroatoms. The number of aldehydes is 1. The molecule has 0 saturated heterocycles. The number of rotatable bonds is 7. The van der Waals surface area contributed by atoms with Gasteiger partial charge in [0.25, 0.3) is 0 Å². The van der Waals surface area contributed by atoms with Crippen LogP contribution in [-0.2, 0) is 23.2 Å². The van der Waals surface area contributed by atoms with E-state index in [4.69, 9.17) is 9.47 Å². The van der Waals surface area contributed by atoms with E-state index in [-0.39, 0.29) is 22.6 Å². The number of carbonyl (C=O) groups excluding carboxylic acids is 1. The fraction of sp³-hybridized carbons (Fsp3) is 0.382. The van der Waals surface area contributed by atoms with Crippen LogP contribution in [0.2, 0.25) is 0 Å². The fourth-order valence-corrected chi connectivity index (χ4v) is 6.93. The molecule has 3 aromatic carbocycles. The van der Waals surface area contributed by atoms with Gasteiger partial charge in [0.05, 0.1) is 7.11 Å². The monoisotopic (exact) mass is 510 g/mol. The molecule has 0 aromatic heterocycles. The van der Waals surface area contributed by atoms with Crippen molar-refractivity contribution in [1.82, 2.24) is 0 Å². The minimum Gasteiger partial charge on any atom is -0.497 e. The molecule has 1 fully saturated rings. The maximum Gasteiger partial charge on any atom is 0.131 e. The van der Waals surface area contributed by atoms with Crippen LogP contribution in [0.3, 0.4) is 0 Å². The van der Waals surface area contributed by atoms with Crippen molar-refractivity contribution in [3.8, 4) is 22.6 Å². The Morgan fingerprint density at radius 2 is 1.79 bits per heavy atom. The Balaban J connectivity index is 1.32. The summed E-state index contributed by atoms with van der Waals surface area (Å²) in [4.78, 5) is 11.7. The predicted molar refractivity (Wildman–Crippen MR) is 149 cm³/mol. The zero-order valence-corrected chi connectivity index (χ0v) is 22.5. The standard InChI is InChI=1S/C34H35FO3/c1-33(2)14-4-5-30(33)28-17-22(6-10-27(28)29-18-25(37-3)9-11-32(29)35)21-38-26-8-7-23-12-15-34(31(23)19-26)16-13-24(34)20-36/h5-11,17-20,24H,4,12-16,21H2,1-3H3/t24-,34-/m0/s1. The second-order valence-corrected chi connectivity index (χ2v) is 11.8. The molecule has 3 aliphatic rings. The first-order valence-electron chi connectivity index (χ1n) is 13.7. The van der Waals surface area contributed by atoms with Crippen molar-refractivity contribution in [2.24, 2.45) is 11.3 Å². The summed E-state index contributed by atoms with van der Waals surface area (Å²) in [6.07, 6.45) is 9.71. The van der Waals surface area contributed by atoms with Crippen LogP contribution in [0, 0.1) is 17.2 Å². The van der Waals surface area contributed by atoms with Crippen LogP contribution in [0.4, 0.5) is 4.39 Å². The van der Waals surface area contributed by atoms with Gasteiger partial charge in [0.2, 0.25) is 0 Å². The first-order valence-corrected chi connectivity index (χ1v) is 13.7. The fourth-order valence-electron chi connectivity index (χ4n) is 6.93. The number of halogens is 1. The molecule has 0 radical (unpaired) electrons. The molecule has 38 heavy (non-hydrogen) atoms. The van der Waals surface area contributed by atoms with Crippen molar-refractivity contribution < 1.29 is 18.7 Å². The van der Waals surface area contributed by atoms with Crippen LogP contribution < -0.4 is 9.47 Å². The SMILES string of the molecule is COc1ccc(F)c(-c2ccc(COc3ccc4c(c3)[C@@]3(CC4)CC[C@H]3C=O)cc2C2=CCCC2(C)C)c1. The van der Waals surface area contributed by atoms with Crippen molar-refractivity contribution in [3.63, 3.8) is 0 Å². The molecule has 1 spiro atoms. The Bertz CT molecular complexity index is 1440. The molecular weight excluding hydrogens is 475 g/mol. The van der Waals surface area contributed by atoms with E-state index in [2.05, 4.69) is 44.2 Å². The van der Waals surface area contributed by atoms with E-state index in [0.29, 0.717) is 17.9 Å². The number of hydrogen-bond donors (Lipinski definition) is 0. The lowest BCUT2D eigenvalue weighted by Crippen LogP contribution is -2.43. The van der Waals surface area contributed by atoms with Gasteiger partial charge in [0, 0.05) is 16.9 Å². The number of allylic oxidation sites excluding steroid dienone is 2. The molecule has 3 aliphatic carbocycles. The van der Waals surface area contributed by atoms with E-state index in [0.717, 1.165) is 67.3 Å². The average Bonchev–Trinajstić information content (AvgIpc) is 3.48. The van der Waals surface area contributed by atoms with Gasteiger partial charge in [-0.2, -0.15) is 0 Å². The highest BCUT2D eigenvalue weighted by atomic mass is 19.1. The number of methoxy groups -OCH3 is 1. The average molecular weight is 511 g/mol. The smallest absolute Gasteiger partial charge is 0.131 e. The molecule has 0 bridgehead atoms. The number of benzene rings is 3. The summed E-state index contributed by atoms with van der Waals surface area (Å²) in [7, 11) is 1.60. The highest BCUT2D eigenvalue weighted by molar-refractivity contribution is 5.85. The highest BCUT2D eigenvalue weighted by Crippen LogP contribution is 2.56. The van der Waals surface area contributed by atoms with Gasteiger partial charge >= 0.3 is 0 Å². The largest absolute Gasteiger partial charge is 0.497 e. The first-order chi connectivity index (χ1) is 18.3. The maximum absolute atomic E-state index is 15.1. The van der Waals surface area contributed by atoms with E-state index in [1.165, 1.54) is 22.8 Å². The third-order valence-corrected chi connectivity index (χ3v) is 9.32. The molecule has 3 nitrogen and oxygen atoms in total. The number of carbonyl (C=O) groups is 1. The van der Waals surface area contributed by atoms with E-state index in [1.807, 2.05) is 12.1 Å². The van der Waals surface area contributed by atoms with Crippen LogP contribution in [0.15, 0.2) is 60.7 Å². The minimum atomic E-state index is -0.260. The summed E-state index contributed by atoms with van der Waals surface area (Å²) in [5.74, 6) is 1.35. The summed E-state index contributed by atoms with van der Waals surface area (Å²) < 4.78 is 26.8. The molecule has 3 aromatic rings. The van der Waals surface area contributed by atoms with Crippen molar-refractivity contribution in [2.75, 3.05) is 7.11 Å². The molecule has 6 rings (SSSR count). The maximum atomic E-state index is 15.1. The quantitative estimate of drug-likeness (QED) is 0.302. The van der Waals surface area contributed by atoms with E-state index >= 15 is 4.39 Å². The summed E-state index contributed by atoms with van der Waals surface area (Å²) in [6, 6.07) is 17.5. The molecule has 0 aliphatic heterocycles. The number of fused-ring (bicyclic) bond motifs is 2. The van der Waals surface area contributed by atoms with Crippen molar-refractivity contribution >= 4 is 11.9 Å². The summed E-state index contributed by atoms with van der Waals surface area (Å²) in [6.45, 7) is 4.94. The molecule has 1 saturated carbocycles. The lowest BCUT2D eigenvalue weighted by molar-refractivity contribution is -0.116. The number of hydrogen-bond acceptors (Lipinski definition) is 3. The molecule has 0 N–H and O–H groups in total. The van der Waals surface area contributed by atoms with Crippen LogP contribution in [0.5, 0.6) is 11.5 Å². The lowest BCUT2D eigenvalue weighted by atomic mass is 9.58. The molecular formula is C34H35FO3. The molecule has 0 unspecified atom stereocenters. The van der Waals surface area contributed by atoms with Gasteiger partial charge in [-0.05, 0) is 114 Å². The van der Waals surface area contributed by atoms with E-state index < -0.39 is 0 Å². The van der Waals surface area contributed by atoms with Gasteiger partial charge in [-0.25, -0.2) is 4.39 Å². The van der Waals surface area contributed by atoms with Crippen molar-refractivity contribution in [2.45, 2.75) is 64.4 Å². The van der Waals surface area contributed by atoms with Crippen molar-refractivity contribution in [3.05, 3.63) is 88.7 Å². The van der Waals surface area contributed by atoms with Gasteiger partial charge in [-0.15, -0.1) is 0 Å². The minimum absolute atomic E-state index is 0.00969. The van der Waals surface area contributed by atoms with E-state index in [9.17, 15) is 4.79 Å². The third-order valence-electron chi connectivity index (χ3n) is 9.32. The molecule has 0 amide bonds. The van der Waals surface area contributed by atoms with Gasteiger partial charge in [0.15, 0.2) is 0 Å². The Morgan fingerprint density at radius 3 is 2.50 bits per heavy atom. The highest BCUT2D eigenvalue weighted by Gasteiger charge is 2.51. The van der Waals surface area contributed by atoms with Crippen LogP contribution in [0.1, 0.15) is 68.2 Å². The first kappa shape index (κ1) is 24.9. The molecule has 196 valence electrons. The molecule has 0 heterocycles. The normalized spacial score (nSPS) is 23.1. The van der Waals surface area contributed by atoms with Crippen LogP contribution in [-0.4, -0.2) is 13.4 Å². The summed E-state index contributed by atoms with van der Waals surface area (Å²) in [5, 5.41) is 0. The second-order valence-electron chi connectivity index (χ2n) is 11.8. The Hall–Kier alpha value is -3.40. The topological polar surface area (TPSA) is 35.5 Å². The Labute approximate surface area is 224 Å². The van der Waals surface area contributed by atoms with Crippen LogP contribution in [0.25, 0.3) is 16.7 Å². The van der Waals surface area contributed by atoms with Gasteiger partial charge < -0.3 is 14.3 Å². The van der Waals surface area contributed by atoms with Crippen molar-refractivity contribution in [1.29, 1.82) is 0 Å². The van der Waals surface area contributed by atoms with Gasteiger partial charge in [-0.1, -0.05) is 38.1 Å². The van der Waals surface area contributed by atoms with Gasteiger partial charge in [0.1, 0.15) is 30.2 Å². The lowest BCUT2D eigenvalue weighted by Gasteiger charge is -2.45. The number of ether oxygens (including phenoxy) is 2. The Morgan fingerprint density at radius 1 is 0.947 bits per heavy atom. The summed E-state index contributed by atoms with van der Waals surface area (Å²) in [5.41, 5.74) is 7.45. The molecule has 2 atom stereocenters. The summed E-state index contributed by atoms with van der Waals surface area (Å²) >= 11 is 0. The van der Waals surface area contributed by atoms with E-state index in [1.54, 1.807) is 19.2 Å². The van der Waals surface area contributed by atoms with Gasteiger partial charge in [-0.3, -0.25) is 0 Å². The second kappa shape index (κ2) is 9.41. The third kappa shape index (κ3) is 4.05. The predicted octanol–water partition coefficient (Wildman–Crippen LogP) is 8.08. The zero-order chi connectivity index (χ0) is 26.5. The zero-order valence-electron chi connectivity index (χ0n) is 22.5. The van der Waals surface area contributed by atoms with Crippen LogP contribution >= 0.6 is 0 Å². The number of aryl methyl sites for hydroxylation is 1.